The number of carbonyl (C=O) groups is 2. The molecule has 1 fully saturated rings. The van der Waals surface area contributed by atoms with E-state index in [-0.39, 0.29) is 5.91 Å². The molecule has 0 radical (unpaired) electrons. The zero-order valence-corrected chi connectivity index (χ0v) is 12.2. The van der Waals surface area contributed by atoms with E-state index in [1.165, 1.54) is 0 Å². The fourth-order valence-corrected chi connectivity index (χ4v) is 2.76. The van der Waals surface area contributed by atoms with Crippen molar-refractivity contribution in [3.63, 3.8) is 0 Å². The maximum Gasteiger partial charge on any atom is 0.309 e. The van der Waals surface area contributed by atoms with Gasteiger partial charge in [0.15, 0.2) is 0 Å². The number of piperidine rings is 1. The van der Waals surface area contributed by atoms with Crippen LogP contribution in [0.2, 0.25) is 5.02 Å². The first-order chi connectivity index (χ1) is 9.48. The lowest BCUT2D eigenvalue weighted by Gasteiger charge is -2.38. The molecule has 108 valence electrons. The van der Waals surface area contributed by atoms with E-state index in [0.29, 0.717) is 42.9 Å². The molecule has 0 bridgehead atoms. The molecule has 1 heterocycles. The number of carbonyl (C=O) groups excluding carboxylic acids is 1. The van der Waals surface area contributed by atoms with Crippen molar-refractivity contribution in [1.82, 2.24) is 4.90 Å². The van der Waals surface area contributed by atoms with Crippen LogP contribution in [0, 0.1) is 5.41 Å². The topological polar surface area (TPSA) is 57.6 Å². The molecule has 0 atom stereocenters. The summed E-state index contributed by atoms with van der Waals surface area (Å²) < 4.78 is 0. The Morgan fingerprint density at radius 1 is 1.25 bits per heavy atom. The molecule has 1 aliphatic heterocycles. The van der Waals surface area contributed by atoms with Gasteiger partial charge >= 0.3 is 5.97 Å². The third-order valence-electron chi connectivity index (χ3n) is 4.23. The molecule has 5 heteroatoms. The Balaban J connectivity index is 2.05. The van der Waals surface area contributed by atoms with Crippen molar-refractivity contribution in [3.8, 4) is 0 Å². The minimum absolute atomic E-state index is 0.0586. The van der Waals surface area contributed by atoms with E-state index >= 15 is 0 Å². The number of amides is 1. The Bertz CT molecular complexity index is 504. The molecule has 1 aromatic carbocycles. The van der Waals surface area contributed by atoms with Crippen molar-refractivity contribution in [1.29, 1.82) is 0 Å². The van der Waals surface area contributed by atoms with Crippen molar-refractivity contribution in [2.45, 2.75) is 26.2 Å². The summed E-state index contributed by atoms with van der Waals surface area (Å²) in [6.45, 7) is 2.87. The monoisotopic (exact) mass is 295 g/mol. The van der Waals surface area contributed by atoms with Gasteiger partial charge in [0.05, 0.1) is 5.41 Å². The molecule has 20 heavy (non-hydrogen) atoms. The van der Waals surface area contributed by atoms with Crippen molar-refractivity contribution in [2.75, 3.05) is 13.1 Å². The summed E-state index contributed by atoms with van der Waals surface area (Å²) in [6.07, 6.45) is 1.63. The highest BCUT2D eigenvalue weighted by molar-refractivity contribution is 6.30. The predicted molar refractivity (Wildman–Crippen MR) is 76.9 cm³/mol. The summed E-state index contributed by atoms with van der Waals surface area (Å²) in [6, 6.07) is 6.77. The summed E-state index contributed by atoms with van der Waals surface area (Å²) >= 11 is 5.80. The minimum atomic E-state index is -0.751. The summed E-state index contributed by atoms with van der Waals surface area (Å²) in [5, 5.41) is 9.94. The van der Waals surface area contributed by atoms with Crippen LogP contribution in [0.3, 0.4) is 0 Å². The highest BCUT2D eigenvalue weighted by Crippen LogP contribution is 2.35. The van der Waals surface area contributed by atoms with Crippen LogP contribution >= 0.6 is 11.6 Å². The number of rotatable bonds is 3. The highest BCUT2D eigenvalue weighted by Gasteiger charge is 2.40. The average molecular weight is 296 g/mol. The quantitative estimate of drug-likeness (QED) is 0.932. The van der Waals surface area contributed by atoms with Crippen LogP contribution in [-0.2, 0) is 4.79 Å². The standard InChI is InChI=1S/C15H18ClNO3/c1-2-15(14(19)20)7-9-17(10-8-15)13(18)11-3-5-12(16)6-4-11/h3-6H,2,7-10H2,1H3,(H,19,20). The van der Waals surface area contributed by atoms with Crippen LogP contribution < -0.4 is 0 Å². The molecule has 1 N–H and O–H groups in total. The molecule has 0 aromatic heterocycles. The maximum absolute atomic E-state index is 12.3. The molecule has 0 spiro atoms. The number of benzene rings is 1. The molecule has 2 rings (SSSR count). The third-order valence-corrected chi connectivity index (χ3v) is 4.48. The van der Waals surface area contributed by atoms with E-state index < -0.39 is 11.4 Å². The second-order valence-electron chi connectivity index (χ2n) is 5.24. The molecular formula is C15H18ClNO3. The first-order valence-corrected chi connectivity index (χ1v) is 7.14. The number of carboxylic acids is 1. The van der Waals surface area contributed by atoms with E-state index in [9.17, 15) is 14.7 Å². The van der Waals surface area contributed by atoms with Crippen LogP contribution in [0.5, 0.6) is 0 Å². The van der Waals surface area contributed by atoms with Crippen LogP contribution in [0.15, 0.2) is 24.3 Å². The van der Waals surface area contributed by atoms with Crippen LogP contribution in [0.1, 0.15) is 36.5 Å². The fraction of sp³-hybridized carbons (Fsp3) is 0.467. The number of aliphatic carboxylic acids is 1. The largest absolute Gasteiger partial charge is 0.481 e. The Labute approximate surface area is 123 Å². The third kappa shape index (κ3) is 2.80. The number of halogens is 1. The molecule has 1 amide bonds. The summed E-state index contributed by atoms with van der Waals surface area (Å²) in [4.78, 5) is 25.4. The van der Waals surface area contributed by atoms with Gasteiger partial charge in [-0.1, -0.05) is 18.5 Å². The predicted octanol–water partition coefficient (Wildman–Crippen LogP) is 3.06. The Morgan fingerprint density at radius 3 is 2.25 bits per heavy atom. The zero-order chi connectivity index (χ0) is 14.8. The van der Waals surface area contributed by atoms with Crippen molar-refractivity contribution >= 4 is 23.5 Å². The van der Waals surface area contributed by atoms with Gasteiger partial charge in [-0.2, -0.15) is 0 Å². The van der Waals surface area contributed by atoms with E-state index in [2.05, 4.69) is 0 Å². The lowest BCUT2D eigenvalue weighted by Crippen LogP contribution is -2.46. The van der Waals surface area contributed by atoms with Gasteiger partial charge in [-0.15, -0.1) is 0 Å². The molecule has 1 aromatic rings. The molecule has 1 saturated heterocycles. The van der Waals surface area contributed by atoms with Gasteiger partial charge in [-0.05, 0) is 43.5 Å². The van der Waals surface area contributed by atoms with Crippen LogP contribution in [-0.4, -0.2) is 35.0 Å². The van der Waals surface area contributed by atoms with Gasteiger partial charge < -0.3 is 10.0 Å². The van der Waals surface area contributed by atoms with Gasteiger partial charge in [-0.3, -0.25) is 9.59 Å². The summed E-state index contributed by atoms with van der Waals surface area (Å²) in [7, 11) is 0. The summed E-state index contributed by atoms with van der Waals surface area (Å²) in [5.74, 6) is -0.810. The summed E-state index contributed by atoms with van der Waals surface area (Å²) in [5.41, 5.74) is -0.0785. The first kappa shape index (κ1) is 14.9. The van der Waals surface area contributed by atoms with E-state index in [1.54, 1.807) is 29.2 Å². The maximum atomic E-state index is 12.3. The van der Waals surface area contributed by atoms with E-state index in [1.807, 2.05) is 6.92 Å². The first-order valence-electron chi connectivity index (χ1n) is 6.77. The molecule has 0 unspecified atom stereocenters. The number of carboxylic acid groups (broad SMARTS) is 1. The Morgan fingerprint density at radius 2 is 1.80 bits per heavy atom. The molecule has 4 nitrogen and oxygen atoms in total. The van der Waals surface area contributed by atoms with Crippen LogP contribution in [0.25, 0.3) is 0 Å². The van der Waals surface area contributed by atoms with Gasteiger partial charge in [-0.25, -0.2) is 0 Å². The molecule has 0 saturated carbocycles. The molecule has 0 aliphatic carbocycles. The Kier molecular flexibility index (Phi) is 4.33. The molecule has 1 aliphatic rings. The normalized spacial score (nSPS) is 17.8. The Hall–Kier alpha value is -1.55. The SMILES string of the molecule is CCC1(C(=O)O)CCN(C(=O)c2ccc(Cl)cc2)CC1. The second-order valence-corrected chi connectivity index (χ2v) is 5.67. The van der Waals surface area contributed by atoms with Crippen molar-refractivity contribution < 1.29 is 14.7 Å². The lowest BCUT2D eigenvalue weighted by atomic mass is 9.76. The van der Waals surface area contributed by atoms with Gasteiger partial charge in [0.2, 0.25) is 0 Å². The average Bonchev–Trinajstić information content (AvgIpc) is 2.47. The van der Waals surface area contributed by atoms with Crippen molar-refractivity contribution in [3.05, 3.63) is 34.9 Å². The van der Waals surface area contributed by atoms with E-state index in [0.717, 1.165) is 0 Å². The minimum Gasteiger partial charge on any atom is -0.481 e. The van der Waals surface area contributed by atoms with Gasteiger partial charge in [0.25, 0.3) is 5.91 Å². The second kappa shape index (κ2) is 5.83. The zero-order valence-electron chi connectivity index (χ0n) is 11.4. The smallest absolute Gasteiger partial charge is 0.309 e. The lowest BCUT2D eigenvalue weighted by molar-refractivity contribution is -0.152. The number of hydrogen-bond acceptors (Lipinski definition) is 2. The van der Waals surface area contributed by atoms with Gasteiger partial charge in [0, 0.05) is 23.7 Å². The van der Waals surface area contributed by atoms with E-state index in [4.69, 9.17) is 11.6 Å². The van der Waals surface area contributed by atoms with Crippen molar-refractivity contribution in [2.24, 2.45) is 5.41 Å². The number of nitrogens with zero attached hydrogens (tertiary/aromatic N) is 1. The van der Waals surface area contributed by atoms with Crippen LogP contribution in [0.4, 0.5) is 0 Å². The number of likely N-dealkylation sites (tertiary alicyclic amines) is 1. The number of hydrogen-bond donors (Lipinski definition) is 1. The fourth-order valence-electron chi connectivity index (χ4n) is 2.63. The highest BCUT2D eigenvalue weighted by atomic mass is 35.5. The van der Waals surface area contributed by atoms with Gasteiger partial charge in [0.1, 0.15) is 0 Å². The molecular weight excluding hydrogens is 278 g/mol.